The van der Waals surface area contributed by atoms with Gasteiger partial charge >= 0.3 is 12.6 Å². The van der Waals surface area contributed by atoms with Crippen molar-refractivity contribution >= 4 is 17.5 Å². The Morgan fingerprint density at radius 1 is 1.03 bits per heavy atom. The highest BCUT2D eigenvalue weighted by Crippen LogP contribution is 2.25. The topological polar surface area (TPSA) is 90.4 Å². The maximum Gasteiger partial charge on any atom is 0.387 e. The second kappa shape index (κ2) is 9.62. The molecule has 0 aliphatic rings. The van der Waals surface area contributed by atoms with Gasteiger partial charge in [0.15, 0.2) is 11.9 Å². The molecule has 7 nitrogen and oxygen atoms in total. The Balaban J connectivity index is 1.82. The number of carbonyl (C=O) groups is 3. The number of aromatic amines is 1. The largest absolute Gasteiger partial charge is 0.450 e. The van der Waals surface area contributed by atoms with Gasteiger partial charge in [0.2, 0.25) is 5.78 Å². The Morgan fingerprint density at radius 2 is 1.65 bits per heavy atom. The van der Waals surface area contributed by atoms with Crippen LogP contribution in [0.4, 0.5) is 8.78 Å². The van der Waals surface area contributed by atoms with Crippen LogP contribution in [0.5, 0.6) is 5.75 Å². The fourth-order valence-electron chi connectivity index (χ4n) is 4.16. The number of rotatable bonds is 8. The number of esters is 1. The molecule has 0 unspecified atom stereocenters. The quantitative estimate of drug-likeness (QED) is 0.356. The third-order valence-electron chi connectivity index (χ3n) is 5.66. The minimum atomic E-state index is -2.91. The molecule has 0 amide bonds. The van der Waals surface area contributed by atoms with Crippen LogP contribution in [0.2, 0.25) is 0 Å². The van der Waals surface area contributed by atoms with E-state index in [0.29, 0.717) is 33.8 Å². The van der Waals surface area contributed by atoms with Crippen molar-refractivity contribution in [2.45, 2.75) is 54.3 Å². The summed E-state index contributed by atoms with van der Waals surface area (Å²) in [7, 11) is 0. The predicted molar refractivity (Wildman–Crippen MR) is 121 cm³/mol. The Hall–Kier alpha value is -3.75. The summed E-state index contributed by atoms with van der Waals surface area (Å²) in [6.07, 6.45) is -1.08. The maximum atomic E-state index is 13.1. The number of halogens is 2. The SMILES string of the molecule is CC(=O)c1c(C)[nH]c(C(=O)O[C@@H](C)C(=O)c2cc(C)n(-c3ccc(OC(F)F)cc3)c2C)c1C. The summed E-state index contributed by atoms with van der Waals surface area (Å²) in [6.45, 7) is 6.88. The molecule has 0 saturated heterocycles. The van der Waals surface area contributed by atoms with Crippen LogP contribution in [0.15, 0.2) is 30.3 Å². The van der Waals surface area contributed by atoms with Gasteiger partial charge in [-0.25, -0.2) is 4.79 Å². The van der Waals surface area contributed by atoms with Crippen molar-refractivity contribution in [1.82, 2.24) is 9.55 Å². The standard InChI is InChI=1S/C25H26F2N2O5/c1-12-11-20(15(4)29(12)18-7-9-19(10-8-18)34-25(26)27)23(31)17(6)33-24(32)22-13(2)21(16(5)30)14(3)28-22/h7-11,17,25,28H,1-6H3/t17-/m0/s1. The van der Waals surface area contributed by atoms with Crippen LogP contribution in [0, 0.1) is 27.7 Å². The molecule has 0 radical (unpaired) electrons. The molecule has 3 rings (SSSR count). The van der Waals surface area contributed by atoms with Gasteiger partial charge in [0.1, 0.15) is 11.4 Å². The van der Waals surface area contributed by atoms with Gasteiger partial charge < -0.3 is 19.0 Å². The van der Waals surface area contributed by atoms with Crippen molar-refractivity contribution in [1.29, 1.82) is 0 Å². The lowest BCUT2D eigenvalue weighted by molar-refractivity contribution is -0.0498. The first-order chi connectivity index (χ1) is 15.9. The third kappa shape index (κ3) is 4.78. The molecule has 180 valence electrons. The number of nitrogens with one attached hydrogen (secondary N) is 1. The number of hydrogen-bond donors (Lipinski definition) is 1. The molecule has 9 heteroatoms. The number of ketones is 2. The van der Waals surface area contributed by atoms with Crippen LogP contribution in [-0.2, 0) is 4.74 Å². The van der Waals surface area contributed by atoms with E-state index in [1.807, 2.05) is 0 Å². The van der Waals surface area contributed by atoms with Gasteiger partial charge in [0.05, 0.1) is 0 Å². The number of H-pyrrole nitrogens is 1. The number of benzene rings is 1. The molecule has 0 aliphatic heterocycles. The highest BCUT2D eigenvalue weighted by molar-refractivity contribution is 6.04. The second-order valence-electron chi connectivity index (χ2n) is 8.09. The van der Waals surface area contributed by atoms with E-state index in [0.717, 1.165) is 5.69 Å². The number of aryl methyl sites for hydroxylation is 2. The predicted octanol–water partition coefficient (Wildman–Crippen LogP) is 5.27. The lowest BCUT2D eigenvalue weighted by atomic mass is 10.1. The van der Waals surface area contributed by atoms with Gasteiger partial charge in [-0.15, -0.1) is 0 Å². The van der Waals surface area contributed by atoms with Crippen molar-refractivity contribution in [3.05, 3.63) is 69.8 Å². The monoisotopic (exact) mass is 472 g/mol. The summed E-state index contributed by atoms with van der Waals surface area (Å²) < 4.78 is 36.4. The average molecular weight is 472 g/mol. The lowest BCUT2D eigenvalue weighted by Gasteiger charge is -2.14. The van der Waals surface area contributed by atoms with Crippen molar-refractivity contribution in [3.63, 3.8) is 0 Å². The van der Waals surface area contributed by atoms with Gasteiger partial charge in [-0.1, -0.05) is 0 Å². The zero-order valence-corrected chi connectivity index (χ0v) is 19.8. The average Bonchev–Trinajstić information content (AvgIpc) is 3.22. The number of carbonyl (C=O) groups excluding carboxylic acids is 3. The Bertz CT molecular complexity index is 1260. The van der Waals surface area contributed by atoms with E-state index in [2.05, 4.69) is 9.72 Å². The Kier molecular flexibility index (Phi) is 7.04. The van der Waals surface area contributed by atoms with Crippen LogP contribution < -0.4 is 4.74 Å². The smallest absolute Gasteiger partial charge is 0.387 e. The summed E-state index contributed by atoms with van der Waals surface area (Å²) in [5.74, 6) is -1.26. The van der Waals surface area contributed by atoms with E-state index < -0.39 is 24.5 Å². The first-order valence-corrected chi connectivity index (χ1v) is 10.6. The zero-order chi connectivity index (χ0) is 25.3. The first-order valence-electron chi connectivity index (χ1n) is 10.6. The van der Waals surface area contributed by atoms with E-state index in [9.17, 15) is 23.2 Å². The fourth-order valence-corrected chi connectivity index (χ4v) is 4.16. The number of Topliss-reactive ketones (excluding diaryl/α,β-unsaturated/α-hetero) is 2. The van der Waals surface area contributed by atoms with Gasteiger partial charge in [-0.3, -0.25) is 9.59 Å². The van der Waals surface area contributed by atoms with Gasteiger partial charge in [-0.05, 0) is 77.4 Å². The second-order valence-corrected chi connectivity index (χ2v) is 8.09. The normalized spacial score (nSPS) is 12.0. The number of hydrogen-bond acceptors (Lipinski definition) is 5. The Labute approximate surface area is 195 Å². The lowest BCUT2D eigenvalue weighted by Crippen LogP contribution is -2.25. The first kappa shape index (κ1) is 24.9. The summed E-state index contributed by atoms with van der Waals surface area (Å²) in [5, 5.41) is 0. The highest BCUT2D eigenvalue weighted by atomic mass is 19.3. The molecule has 1 atom stereocenters. The zero-order valence-electron chi connectivity index (χ0n) is 19.8. The summed E-state index contributed by atoms with van der Waals surface area (Å²) >= 11 is 0. The molecule has 3 aromatic rings. The molecule has 0 bridgehead atoms. The minimum absolute atomic E-state index is 0.0285. The number of alkyl halides is 2. The van der Waals surface area contributed by atoms with Crippen LogP contribution in [0.1, 0.15) is 67.7 Å². The minimum Gasteiger partial charge on any atom is -0.450 e. The molecule has 2 heterocycles. The van der Waals surface area contributed by atoms with Crippen molar-refractivity contribution < 1.29 is 32.6 Å². The van der Waals surface area contributed by atoms with E-state index >= 15 is 0 Å². The summed E-state index contributed by atoms with van der Waals surface area (Å²) in [5.41, 5.74) is 3.99. The number of nitrogens with zero attached hydrogens (tertiary/aromatic N) is 1. The van der Waals surface area contributed by atoms with Crippen LogP contribution in [0.3, 0.4) is 0 Å². The molecule has 1 aromatic carbocycles. The van der Waals surface area contributed by atoms with Gasteiger partial charge in [-0.2, -0.15) is 8.78 Å². The summed E-state index contributed by atoms with van der Waals surface area (Å²) in [4.78, 5) is 40.5. The Morgan fingerprint density at radius 3 is 2.18 bits per heavy atom. The van der Waals surface area contributed by atoms with Crippen molar-refractivity contribution in [2.75, 3.05) is 0 Å². The molecule has 0 aliphatic carbocycles. The van der Waals surface area contributed by atoms with Crippen molar-refractivity contribution in [2.24, 2.45) is 0 Å². The fraction of sp³-hybridized carbons (Fsp3) is 0.320. The molecular weight excluding hydrogens is 446 g/mol. The molecule has 1 N–H and O–H groups in total. The molecule has 0 saturated carbocycles. The van der Waals surface area contributed by atoms with E-state index in [4.69, 9.17) is 4.74 Å². The van der Waals surface area contributed by atoms with E-state index in [-0.39, 0.29) is 17.2 Å². The molecule has 2 aromatic heterocycles. The van der Waals surface area contributed by atoms with Gasteiger partial charge in [0, 0.05) is 33.9 Å². The molecule has 0 fully saturated rings. The van der Waals surface area contributed by atoms with E-state index in [1.165, 1.54) is 26.0 Å². The van der Waals surface area contributed by atoms with Gasteiger partial charge in [0.25, 0.3) is 0 Å². The number of aromatic nitrogens is 2. The maximum absolute atomic E-state index is 13.1. The number of ether oxygens (including phenoxy) is 2. The van der Waals surface area contributed by atoms with Crippen LogP contribution in [0.25, 0.3) is 5.69 Å². The van der Waals surface area contributed by atoms with E-state index in [1.54, 1.807) is 50.5 Å². The molecular formula is C25H26F2N2O5. The van der Waals surface area contributed by atoms with Crippen molar-refractivity contribution in [3.8, 4) is 11.4 Å². The highest BCUT2D eigenvalue weighted by Gasteiger charge is 2.27. The summed E-state index contributed by atoms with van der Waals surface area (Å²) in [6, 6.07) is 7.74. The third-order valence-corrected chi connectivity index (χ3v) is 5.66. The van der Waals surface area contributed by atoms with Crippen LogP contribution in [-0.4, -0.2) is 39.8 Å². The molecule has 34 heavy (non-hydrogen) atoms. The van der Waals surface area contributed by atoms with Crippen LogP contribution >= 0.6 is 0 Å². The molecule has 0 spiro atoms.